The van der Waals surface area contributed by atoms with Gasteiger partial charge in [0.25, 0.3) is 0 Å². The molecule has 0 radical (unpaired) electrons. The Bertz CT molecular complexity index is 1740. The first-order valence-electron chi connectivity index (χ1n) is 25.6. The van der Waals surface area contributed by atoms with Crippen molar-refractivity contribution in [1.82, 2.24) is 14.7 Å². The van der Waals surface area contributed by atoms with Crippen LogP contribution in [0.5, 0.6) is 0 Å². The van der Waals surface area contributed by atoms with Crippen LogP contribution in [0.1, 0.15) is 157 Å². The fourth-order valence-corrected chi connectivity index (χ4v) is 6.65. The molecule has 1 atom stereocenters. The molecule has 0 N–H and O–H groups in total. The van der Waals surface area contributed by atoms with E-state index in [1.54, 1.807) is 109 Å². The predicted molar refractivity (Wildman–Crippen MR) is 275 cm³/mol. The lowest BCUT2D eigenvalue weighted by molar-refractivity contribution is -0.179. The number of ether oxygens (including phenoxy) is 10. The minimum absolute atomic E-state index is 0.0498. The van der Waals surface area contributed by atoms with Gasteiger partial charge in [0, 0.05) is 47.0 Å². The van der Waals surface area contributed by atoms with Gasteiger partial charge in [-0.15, -0.1) is 0 Å². The Morgan fingerprint density at radius 3 is 0.961 bits per heavy atom. The van der Waals surface area contributed by atoms with Crippen LogP contribution in [0.25, 0.3) is 0 Å². The summed E-state index contributed by atoms with van der Waals surface area (Å²) in [5.74, 6) is -7.22. The zero-order valence-electron chi connectivity index (χ0n) is 48.8. The number of esters is 10. The second-order valence-electron chi connectivity index (χ2n) is 23.4. The third-order valence-electron chi connectivity index (χ3n) is 9.60. The molecular formula is C53H91N3O20. The molecule has 0 aliphatic carbocycles. The Labute approximate surface area is 450 Å². The van der Waals surface area contributed by atoms with Crippen LogP contribution in [-0.2, 0) is 95.3 Å². The molecular weight excluding hydrogens is 999 g/mol. The summed E-state index contributed by atoms with van der Waals surface area (Å²) in [5, 5.41) is 0. The van der Waals surface area contributed by atoms with Crippen LogP contribution in [0.15, 0.2) is 0 Å². The van der Waals surface area contributed by atoms with E-state index >= 15 is 0 Å². The number of rotatable bonds is 32. The van der Waals surface area contributed by atoms with Gasteiger partial charge in [-0.2, -0.15) is 0 Å². The molecule has 0 amide bonds. The predicted octanol–water partition coefficient (Wildman–Crippen LogP) is 4.68. The lowest BCUT2D eigenvalue weighted by atomic mass is 9.91. The molecule has 0 spiro atoms. The molecule has 0 bridgehead atoms. The summed E-state index contributed by atoms with van der Waals surface area (Å²) >= 11 is 0. The second kappa shape index (κ2) is 32.3. The van der Waals surface area contributed by atoms with Crippen LogP contribution < -0.4 is 0 Å². The van der Waals surface area contributed by atoms with Gasteiger partial charge in [-0.1, -0.05) is 0 Å². The molecule has 23 heteroatoms. The Balaban J connectivity index is 6.70. The van der Waals surface area contributed by atoms with E-state index in [2.05, 4.69) is 0 Å². The quantitative estimate of drug-likeness (QED) is 0.0502. The van der Waals surface area contributed by atoms with Crippen LogP contribution in [0.3, 0.4) is 0 Å². The van der Waals surface area contributed by atoms with E-state index in [1.807, 2.05) is 0 Å². The topological polar surface area (TPSA) is 273 Å². The highest BCUT2D eigenvalue weighted by Gasteiger charge is 2.45. The standard InChI is InChI=1S/C53H91N3O20/c1-37(57)69-34-53(35-70-38(2)58,36-71-39(3)59)47(66)68-28-22-20-19-21-27-67-41(60)29-40(46(65)76-52(16,17)18)56(25-23-54(30-42(61)72-48(4,5)6)31-43(62)73-49(7,8)9)26-24-55(32-44(63)74-50(10,11)12)33-45(64)75-51(13,14)15/h40H,19-36H2,1-18H3. The van der Waals surface area contributed by atoms with Gasteiger partial charge in [-0.05, 0) is 130 Å². The summed E-state index contributed by atoms with van der Waals surface area (Å²) in [6.45, 7) is 25.2. The Morgan fingerprint density at radius 1 is 0.368 bits per heavy atom. The first-order chi connectivity index (χ1) is 34.6. The van der Waals surface area contributed by atoms with Gasteiger partial charge in [0.2, 0.25) is 0 Å². The molecule has 23 nitrogen and oxygen atoms in total. The van der Waals surface area contributed by atoms with E-state index in [9.17, 15) is 47.9 Å². The first kappa shape index (κ1) is 70.6. The number of carbonyl (C=O) groups excluding carboxylic acids is 10. The minimum Gasteiger partial charge on any atom is -0.466 e. The summed E-state index contributed by atoms with van der Waals surface area (Å²) < 4.78 is 54.4. The van der Waals surface area contributed by atoms with Crippen molar-refractivity contribution in [1.29, 1.82) is 0 Å². The van der Waals surface area contributed by atoms with Crippen molar-refractivity contribution >= 4 is 59.7 Å². The van der Waals surface area contributed by atoms with Crippen molar-refractivity contribution in [3.8, 4) is 0 Å². The van der Waals surface area contributed by atoms with Crippen molar-refractivity contribution in [2.24, 2.45) is 5.41 Å². The molecule has 0 saturated heterocycles. The molecule has 0 rings (SSSR count). The van der Waals surface area contributed by atoms with E-state index in [-0.39, 0.29) is 65.6 Å². The van der Waals surface area contributed by atoms with E-state index in [4.69, 9.17) is 47.4 Å². The van der Waals surface area contributed by atoms with Gasteiger partial charge in [0.1, 0.15) is 53.9 Å². The van der Waals surface area contributed by atoms with Crippen LogP contribution in [0, 0.1) is 5.41 Å². The normalized spacial score (nSPS) is 12.8. The maximum Gasteiger partial charge on any atom is 0.324 e. The van der Waals surface area contributed by atoms with Crippen molar-refractivity contribution in [2.45, 2.75) is 191 Å². The smallest absolute Gasteiger partial charge is 0.324 e. The van der Waals surface area contributed by atoms with Crippen LogP contribution in [0.4, 0.5) is 0 Å². The highest BCUT2D eigenvalue weighted by Crippen LogP contribution is 2.24. The lowest BCUT2D eigenvalue weighted by Gasteiger charge is -2.35. The molecule has 0 aliphatic rings. The SMILES string of the molecule is CC(=O)OCC(COC(C)=O)(COC(C)=O)C(=O)OCCCCCCOC(=O)CC(C(=O)OC(C)(C)C)N(CCN(CC(=O)OC(C)(C)C)CC(=O)OC(C)(C)C)CCN(CC(=O)OC(C)(C)C)CC(=O)OC(C)(C)C. The molecule has 0 aromatic rings. The van der Waals surface area contributed by atoms with Crippen molar-refractivity contribution in [3.63, 3.8) is 0 Å². The van der Waals surface area contributed by atoms with Gasteiger partial charge in [0.15, 0.2) is 5.41 Å². The monoisotopic (exact) mass is 1090 g/mol. The summed E-state index contributed by atoms with van der Waals surface area (Å²) in [5.41, 5.74) is -6.25. The highest BCUT2D eigenvalue weighted by atomic mass is 16.6. The Hall–Kier alpha value is -5.42. The first-order valence-corrected chi connectivity index (χ1v) is 25.6. The van der Waals surface area contributed by atoms with Gasteiger partial charge >= 0.3 is 59.7 Å². The maximum atomic E-state index is 14.3. The van der Waals surface area contributed by atoms with E-state index < -0.39 is 125 Å². The Kier molecular flexibility index (Phi) is 30.0. The zero-order chi connectivity index (χ0) is 58.9. The molecule has 76 heavy (non-hydrogen) atoms. The fourth-order valence-electron chi connectivity index (χ4n) is 6.65. The average molecular weight is 1090 g/mol. The highest BCUT2D eigenvalue weighted by molar-refractivity contribution is 5.83. The van der Waals surface area contributed by atoms with E-state index in [1.165, 1.54) is 9.80 Å². The second-order valence-corrected chi connectivity index (χ2v) is 23.4. The van der Waals surface area contributed by atoms with E-state index in [0.717, 1.165) is 20.8 Å². The molecule has 438 valence electrons. The van der Waals surface area contributed by atoms with Gasteiger partial charge in [-0.25, -0.2) is 0 Å². The van der Waals surface area contributed by atoms with Crippen LogP contribution >= 0.6 is 0 Å². The average Bonchev–Trinajstić information content (AvgIpc) is 3.19. The number of carbonyl (C=O) groups is 10. The maximum absolute atomic E-state index is 14.3. The molecule has 0 aromatic carbocycles. The number of nitrogens with zero attached hydrogens (tertiary/aromatic N) is 3. The minimum atomic E-state index is -1.82. The van der Waals surface area contributed by atoms with Gasteiger partial charge in [-0.3, -0.25) is 62.6 Å². The van der Waals surface area contributed by atoms with Crippen molar-refractivity contribution < 1.29 is 95.3 Å². The molecule has 1 unspecified atom stereocenters. The van der Waals surface area contributed by atoms with Crippen LogP contribution in [0.2, 0.25) is 0 Å². The third kappa shape index (κ3) is 36.5. The largest absolute Gasteiger partial charge is 0.466 e. The third-order valence-corrected chi connectivity index (χ3v) is 9.60. The summed E-state index contributed by atoms with van der Waals surface area (Å²) in [6.07, 6.45) is 1.19. The fraction of sp³-hybridized carbons (Fsp3) is 0.811. The summed E-state index contributed by atoms with van der Waals surface area (Å²) in [6, 6.07) is -1.33. The zero-order valence-corrected chi connectivity index (χ0v) is 48.8. The summed E-state index contributed by atoms with van der Waals surface area (Å²) in [4.78, 5) is 134. The van der Waals surface area contributed by atoms with Crippen molar-refractivity contribution in [3.05, 3.63) is 0 Å². The Morgan fingerprint density at radius 2 is 0.671 bits per heavy atom. The van der Waals surface area contributed by atoms with Crippen molar-refractivity contribution in [2.75, 3.05) is 85.4 Å². The molecule has 0 saturated carbocycles. The summed E-state index contributed by atoms with van der Waals surface area (Å²) in [7, 11) is 0. The number of hydrogen-bond donors (Lipinski definition) is 0. The number of unbranched alkanes of at least 4 members (excludes halogenated alkanes) is 3. The van der Waals surface area contributed by atoms with Crippen LogP contribution in [-0.4, -0.2) is 194 Å². The molecule has 0 aromatic heterocycles. The van der Waals surface area contributed by atoms with E-state index in [0.29, 0.717) is 25.7 Å². The molecule has 0 heterocycles. The van der Waals surface area contributed by atoms with Gasteiger partial charge in [0.05, 0.1) is 45.8 Å². The number of hydrogen-bond acceptors (Lipinski definition) is 23. The molecule has 0 aliphatic heterocycles. The molecule has 0 fully saturated rings. The lowest BCUT2D eigenvalue weighted by Crippen LogP contribution is -2.52. The van der Waals surface area contributed by atoms with Gasteiger partial charge < -0.3 is 47.4 Å².